The van der Waals surface area contributed by atoms with E-state index in [2.05, 4.69) is 26.8 Å². The number of ether oxygens (including phenoxy) is 1. The number of carbonyl (C=O) groups excluding carboxylic acids is 1. The highest BCUT2D eigenvalue weighted by molar-refractivity contribution is 5.69. The van der Waals surface area contributed by atoms with Crippen LogP contribution in [0.2, 0.25) is 0 Å². The smallest absolute Gasteiger partial charge is 0.305 e. The monoisotopic (exact) mass is 388 g/mol. The number of aliphatic hydroxyl groups excluding tert-OH is 1. The number of methoxy groups -OCH3 is 1. The molecule has 3 heteroatoms. The molecule has 4 aliphatic rings. The van der Waals surface area contributed by atoms with E-state index in [1.165, 1.54) is 45.6 Å². The Morgan fingerprint density at radius 1 is 1.21 bits per heavy atom. The third kappa shape index (κ3) is 3.16. The van der Waals surface area contributed by atoms with E-state index in [-0.39, 0.29) is 12.1 Å². The predicted molar refractivity (Wildman–Crippen MR) is 112 cm³/mol. The van der Waals surface area contributed by atoms with Crippen molar-refractivity contribution < 1.29 is 14.6 Å². The molecule has 8 atom stereocenters. The topological polar surface area (TPSA) is 46.5 Å². The summed E-state index contributed by atoms with van der Waals surface area (Å²) in [6, 6.07) is 0. The Kier molecular flexibility index (Phi) is 5.44. The molecule has 3 saturated carbocycles. The minimum Gasteiger partial charge on any atom is -0.469 e. The van der Waals surface area contributed by atoms with E-state index in [1.807, 2.05) is 0 Å². The highest BCUT2D eigenvalue weighted by atomic mass is 16.5. The fraction of sp³-hybridized carbons (Fsp3) is 0.880. The van der Waals surface area contributed by atoms with Gasteiger partial charge in [0, 0.05) is 6.42 Å². The lowest BCUT2D eigenvalue weighted by atomic mass is 9.47. The van der Waals surface area contributed by atoms with Gasteiger partial charge in [-0.2, -0.15) is 0 Å². The predicted octanol–water partition coefficient (Wildman–Crippen LogP) is 5.52. The van der Waals surface area contributed by atoms with Crippen molar-refractivity contribution >= 4 is 5.97 Å². The molecule has 0 aromatic heterocycles. The van der Waals surface area contributed by atoms with Crippen molar-refractivity contribution in [3.63, 3.8) is 0 Å². The number of hydrogen-bond donors (Lipinski definition) is 1. The number of rotatable bonds is 4. The second kappa shape index (κ2) is 7.45. The zero-order valence-electron chi connectivity index (χ0n) is 18.4. The van der Waals surface area contributed by atoms with Crippen molar-refractivity contribution in [2.75, 3.05) is 7.11 Å². The Labute approximate surface area is 171 Å². The number of esters is 1. The maximum absolute atomic E-state index is 11.6. The van der Waals surface area contributed by atoms with Crippen LogP contribution in [-0.4, -0.2) is 24.3 Å². The van der Waals surface area contributed by atoms with E-state index in [0.29, 0.717) is 23.2 Å². The van der Waals surface area contributed by atoms with Crippen molar-refractivity contribution in [2.24, 2.45) is 40.4 Å². The normalized spacial score (nSPS) is 46.0. The summed E-state index contributed by atoms with van der Waals surface area (Å²) in [7, 11) is 1.50. The Bertz CT molecular complexity index is 640. The molecule has 1 N–H and O–H groups in total. The van der Waals surface area contributed by atoms with E-state index in [9.17, 15) is 9.90 Å². The summed E-state index contributed by atoms with van der Waals surface area (Å²) in [4.78, 5) is 11.6. The first-order valence-corrected chi connectivity index (χ1v) is 11.7. The fourth-order valence-corrected chi connectivity index (χ4v) is 8.27. The number of carbonyl (C=O) groups is 1. The summed E-state index contributed by atoms with van der Waals surface area (Å²) in [6.45, 7) is 7.46. The van der Waals surface area contributed by atoms with Gasteiger partial charge in [-0.3, -0.25) is 4.79 Å². The van der Waals surface area contributed by atoms with Crippen LogP contribution >= 0.6 is 0 Å². The molecular weight excluding hydrogens is 348 g/mol. The highest BCUT2D eigenvalue weighted by Gasteiger charge is 2.59. The van der Waals surface area contributed by atoms with Gasteiger partial charge in [0.15, 0.2) is 0 Å². The quantitative estimate of drug-likeness (QED) is 0.510. The van der Waals surface area contributed by atoms with E-state index < -0.39 is 0 Å². The lowest BCUT2D eigenvalue weighted by Crippen LogP contribution is -2.50. The van der Waals surface area contributed by atoms with Crippen LogP contribution in [-0.2, 0) is 9.53 Å². The summed E-state index contributed by atoms with van der Waals surface area (Å²) >= 11 is 0. The zero-order chi connectivity index (χ0) is 20.1. The van der Waals surface area contributed by atoms with Crippen LogP contribution in [0.5, 0.6) is 0 Å². The Morgan fingerprint density at radius 2 is 2.00 bits per heavy atom. The van der Waals surface area contributed by atoms with E-state index in [4.69, 9.17) is 4.74 Å². The summed E-state index contributed by atoms with van der Waals surface area (Å²) in [5.74, 6) is 3.74. The van der Waals surface area contributed by atoms with Gasteiger partial charge in [0.25, 0.3) is 0 Å². The molecular formula is C25H40O3. The van der Waals surface area contributed by atoms with Crippen LogP contribution in [0.15, 0.2) is 11.6 Å². The first kappa shape index (κ1) is 20.4. The van der Waals surface area contributed by atoms with Crippen molar-refractivity contribution in [2.45, 2.75) is 91.1 Å². The number of allylic oxidation sites excluding steroid dienone is 1. The van der Waals surface area contributed by atoms with Crippen LogP contribution in [0.4, 0.5) is 0 Å². The molecule has 0 spiro atoms. The molecule has 28 heavy (non-hydrogen) atoms. The van der Waals surface area contributed by atoms with Gasteiger partial charge in [-0.25, -0.2) is 0 Å². The molecule has 4 unspecified atom stereocenters. The second-order valence-electron chi connectivity index (χ2n) is 11.0. The minimum absolute atomic E-state index is 0.0624. The lowest BCUT2D eigenvalue weighted by Gasteiger charge is -2.58. The Balaban J connectivity index is 1.51. The SMILES string of the molecule is COC(=O)CC[C@@H](C)[C@H]1CCC2C3CC=C4CC(O)CC[C@]4(C)C3CC[C@@]21C. The van der Waals surface area contributed by atoms with Gasteiger partial charge in [-0.1, -0.05) is 32.4 Å². The van der Waals surface area contributed by atoms with Crippen LogP contribution < -0.4 is 0 Å². The molecule has 4 rings (SSSR count). The molecule has 0 heterocycles. The van der Waals surface area contributed by atoms with E-state index in [0.717, 1.165) is 42.9 Å². The Hall–Kier alpha value is -0.830. The third-order valence-electron chi connectivity index (χ3n) is 9.87. The van der Waals surface area contributed by atoms with Gasteiger partial charge in [0.2, 0.25) is 0 Å². The summed E-state index contributed by atoms with van der Waals surface area (Å²) in [5.41, 5.74) is 2.34. The van der Waals surface area contributed by atoms with Crippen molar-refractivity contribution in [1.29, 1.82) is 0 Å². The van der Waals surface area contributed by atoms with Gasteiger partial charge in [0.1, 0.15) is 0 Å². The third-order valence-corrected chi connectivity index (χ3v) is 9.87. The average molecular weight is 389 g/mol. The molecule has 3 nitrogen and oxygen atoms in total. The molecule has 0 radical (unpaired) electrons. The number of hydrogen-bond acceptors (Lipinski definition) is 3. The van der Waals surface area contributed by atoms with Crippen LogP contribution in [0.3, 0.4) is 0 Å². The molecule has 0 aromatic rings. The molecule has 0 saturated heterocycles. The standard InChI is InChI=1S/C25H40O3/c1-16(5-10-23(27)28-4)20-8-9-21-19-7-6-17-15-18(26)11-13-24(17,2)22(19)12-14-25(20,21)3/h6,16,18-22,26H,5,7-15H2,1-4H3/t16-,18?,19?,20-,21?,22?,24+,25-/m1/s1. The van der Waals surface area contributed by atoms with Crippen molar-refractivity contribution in [1.82, 2.24) is 0 Å². The zero-order valence-corrected chi connectivity index (χ0v) is 18.4. The van der Waals surface area contributed by atoms with Gasteiger partial charge in [0.05, 0.1) is 13.2 Å². The first-order chi connectivity index (χ1) is 13.3. The Morgan fingerprint density at radius 3 is 2.75 bits per heavy atom. The van der Waals surface area contributed by atoms with E-state index in [1.54, 1.807) is 5.57 Å². The maximum atomic E-state index is 11.6. The van der Waals surface area contributed by atoms with Gasteiger partial charge >= 0.3 is 5.97 Å². The second-order valence-corrected chi connectivity index (χ2v) is 11.0. The first-order valence-electron chi connectivity index (χ1n) is 11.7. The van der Waals surface area contributed by atoms with Gasteiger partial charge in [-0.15, -0.1) is 0 Å². The van der Waals surface area contributed by atoms with Gasteiger partial charge < -0.3 is 9.84 Å². The number of fused-ring (bicyclic) bond motifs is 5. The lowest BCUT2D eigenvalue weighted by molar-refractivity contribution is -0.141. The molecule has 0 amide bonds. The van der Waals surface area contributed by atoms with Crippen LogP contribution in [0.1, 0.15) is 85.0 Å². The minimum atomic E-state index is -0.115. The molecule has 0 aromatic carbocycles. The highest BCUT2D eigenvalue weighted by Crippen LogP contribution is 2.67. The van der Waals surface area contributed by atoms with Crippen LogP contribution in [0.25, 0.3) is 0 Å². The van der Waals surface area contributed by atoms with Crippen molar-refractivity contribution in [3.05, 3.63) is 11.6 Å². The summed E-state index contributed by atoms with van der Waals surface area (Å²) < 4.78 is 4.87. The number of aliphatic hydroxyl groups is 1. The maximum Gasteiger partial charge on any atom is 0.305 e. The van der Waals surface area contributed by atoms with Crippen molar-refractivity contribution in [3.8, 4) is 0 Å². The molecule has 0 bridgehead atoms. The van der Waals surface area contributed by atoms with Gasteiger partial charge in [-0.05, 0) is 98.2 Å². The molecule has 0 aliphatic heterocycles. The molecule has 158 valence electrons. The average Bonchev–Trinajstić information content (AvgIpc) is 3.03. The van der Waals surface area contributed by atoms with Crippen LogP contribution in [0, 0.1) is 40.4 Å². The largest absolute Gasteiger partial charge is 0.469 e. The fourth-order valence-electron chi connectivity index (χ4n) is 8.27. The summed E-state index contributed by atoms with van der Waals surface area (Å²) in [5, 5.41) is 10.2. The van der Waals surface area contributed by atoms with E-state index >= 15 is 0 Å². The molecule has 4 aliphatic carbocycles. The molecule has 3 fully saturated rings. The summed E-state index contributed by atoms with van der Waals surface area (Å²) in [6.07, 6.45) is 13.6.